The lowest BCUT2D eigenvalue weighted by atomic mass is 10.00. The van der Waals surface area contributed by atoms with Gasteiger partial charge in [-0.2, -0.15) is 5.10 Å². The summed E-state index contributed by atoms with van der Waals surface area (Å²) >= 11 is 17.1. The van der Waals surface area contributed by atoms with Crippen molar-refractivity contribution in [2.75, 3.05) is 36.1 Å². The molecule has 0 bridgehead atoms. The second kappa shape index (κ2) is 12.2. The second-order valence-corrected chi connectivity index (χ2v) is 11.8. The standard InChI is InChI=1S/C25H23Cl2N5O3S2/c26-20-8-9-23(21(27)15-20)32-24(19-6-4-18(5-7-19)3-1-2-10-28-17-36)16-22(29-32)25(33)30-31-11-13-37(34,35)14-12-31/h4-9,15,24H,2,10-14,16H2,(H,30,33)/t24-/m0/s1. The number of amides is 1. The fraction of sp³-hybridized carbons (Fsp3) is 0.320. The Morgan fingerprint density at radius 3 is 2.57 bits per heavy atom. The Bertz CT molecular complexity index is 1410. The molecule has 1 fully saturated rings. The number of nitrogens with one attached hydrogen (secondary N) is 1. The number of benzene rings is 2. The number of rotatable bonds is 6. The molecule has 0 unspecified atom stereocenters. The molecule has 12 heteroatoms. The Hall–Kier alpha value is -2.77. The van der Waals surface area contributed by atoms with E-state index in [1.807, 2.05) is 24.3 Å². The van der Waals surface area contributed by atoms with Gasteiger partial charge in [-0.25, -0.2) is 18.4 Å². The van der Waals surface area contributed by atoms with Crippen LogP contribution in [0.2, 0.25) is 10.0 Å². The molecule has 2 aliphatic heterocycles. The highest BCUT2D eigenvalue weighted by atomic mass is 35.5. The number of hydrazone groups is 1. The molecular weight excluding hydrogens is 553 g/mol. The summed E-state index contributed by atoms with van der Waals surface area (Å²) in [6.07, 6.45) is 0.920. The van der Waals surface area contributed by atoms with Crippen molar-refractivity contribution in [3.05, 3.63) is 63.6 Å². The number of sulfone groups is 1. The van der Waals surface area contributed by atoms with Gasteiger partial charge < -0.3 is 0 Å². The van der Waals surface area contributed by atoms with Crippen molar-refractivity contribution >= 4 is 67.7 Å². The van der Waals surface area contributed by atoms with Gasteiger partial charge in [0.1, 0.15) is 5.71 Å². The van der Waals surface area contributed by atoms with Crippen molar-refractivity contribution < 1.29 is 13.2 Å². The molecule has 2 aromatic rings. The molecule has 0 saturated carbocycles. The molecule has 0 spiro atoms. The van der Waals surface area contributed by atoms with Gasteiger partial charge in [-0.15, -0.1) is 0 Å². The van der Waals surface area contributed by atoms with Crippen molar-refractivity contribution in [2.45, 2.75) is 18.9 Å². The summed E-state index contributed by atoms with van der Waals surface area (Å²) in [7, 11) is -3.06. The van der Waals surface area contributed by atoms with Gasteiger partial charge in [0.2, 0.25) is 0 Å². The van der Waals surface area contributed by atoms with E-state index in [4.69, 9.17) is 23.2 Å². The summed E-state index contributed by atoms with van der Waals surface area (Å²) in [6.45, 7) is 0.985. The number of halogens is 2. The minimum Gasteiger partial charge on any atom is -0.284 e. The zero-order valence-corrected chi connectivity index (χ0v) is 22.8. The number of aliphatic imine (C=N–C) groups is 1. The van der Waals surface area contributed by atoms with Gasteiger partial charge in [0.15, 0.2) is 9.84 Å². The Morgan fingerprint density at radius 1 is 1.16 bits per heavy atom. The zero-order valence-electron chi connectivity index (χ0n) is 19.7. The Kier molecular flexibility index (Phi) is 8.98. The van der Waals surface area contributed by atoms with Crippen LogP contribution in [-0.2, 0) is 14.6 Å². The molecule has 2 aliphatic rings. The number of isothiocyanates is 1. The van der Waals surface area contributed by atoms with Gasteiger partial charge in [-0.3, -0.25) is 15.2 Å². The first-order valence-corrected chi connectivity index (χ1v) is 14.4. The first kappa shape index (κ1) is 27.3. The van der Waals surface area contributed by atoms with Crippen LogP contribution in [0.3, 0.4) is 0 Å². The molecule has 1 N–H and O–H groups in total. The van der Waals surface area contributed by atoms with Crippen LogP contribution in [0.5, 0.6) is 0 Å². The van der Waals surface area contributed by atoms with E-state index in [1.54, 1.807) is 28.2 Å². The lowest BCUT2D eigenvalue weighted by Gasteiger charge is -2.26. The topological polar surface area (TPSA) is 94.4 Å². The van der Waals surface area contributed by atoms with Gasteiger partial charge in [0, 0.05) is 36.5 Å². The third kappa shape index (κ3) is 7.17. The summed E-state index contributed by atoms with van der Waals surface area (Å²) in [5, 5.41) is 11.2. The van der Waals surface area contributed by atoms with Crippen LogP contribution in [0.4, 0.5) is 5.69 Å². The molecule has 0 aromatic heterocycles. The van der Waals surface area contributed by atoms with E-state index in [1.165, 1.54) is 0 Å². The highest BCUT2D eigenvalue weighted by Gasteiger charge is 2.34. The second-order valence-electron chi connectivity index (χ2n) is 8.43. The summed E-state index contributed by atoms with van der Waals surface area (Å²) in [5.41, 5.74) is 5.50. The van der Waals surface area contributed by atoms with E-state index in [2.05, 4.69) is 44.7 Å². The predicted octanol–water partition coefficient (Wildman–Crippen LogP) is 3.91. The molecule has 2 heterocycles. The number of carbonyl (C=O) groups excluding carboxylic acids is 1. The number of hydrogen-bond acceptors (Lipinski definition) is 8. The smallest absolute Gasteiger partial charge is 0.281 e. The maximum absolute atomic E-state index is 13.1. The van der Waals surface area contributed by atoms with Crippen molar-refractivity contribution in [3.63, 3.8) is 0 Å². The highest BCUT2D eigenvalue weighted by molar-refractivity contribution is 7.91. The van der Waals surface area contributed by atoms with Crippen molar-refractivity contribution in [1.82, 2.24) is 10.4 Å². The van der Waals surface area contributed by atoms with E-state index in [9.17, 15) is 13.2 Å². The van der Waals surface area contributed by atoms with Crippen LogP contribution in [-0.4, -0.2) is 61.3 Å². The average molecular weight is 577 g/mol. The minimum absolute atomic E-state index is 0.00371. The zero-order chi connectivity index (χ0) is 26.4. The molecule has 1 saturated heterocycles. The van der Waals surface area contributed by atoms with Crippen LogP contribution in [0.25, 0.3) is 0 Å². The van der Waals surface area contributed by atoms with E-state index < -0.39 is 9.84 Å². The quantitative estimate of drug-likeness (QED) is 0.243. The molecular formula is C25H23Cl2N5O3S2. The third-order valence-corrected chi connectivity index (χ3v) is 8.15. The predicted molar refractivity (Wildman–Crippen MR) is 150 cm³/mol. The maximum atomic E-state index is 13.1. The van der Waals surface area contributed by atoms with Crippen LogP contribution < -0.4 is 10.4 Å². The molecule has 1 atom stereocenters. The SMILES string of the molecule is O=C(NN1CCS(=O)(=O)CC1)C1=NN(c2ccc(Cl)cc2Cl)[C@H](c2ccc(C#CCCN=C=S)cc2)C1. The number of anilines is 1. The lowest BCUT2D eigenvalue weighted by molar-refractivity contribution is -0.119. The van der Waals surface area contributed by atoms with Gasteiger partial charge in [-0.1, -0.05) is 47.2 Å². The Balaban J connectivity index is 1.54. The largest absolute Gasteiger partial charge is 0.284 e. The van der Waals surface area contributed by atoms with Crippen LogP contribution in [0, 0.1) is 11.8 Å². The molecule has 4 rings (SSSR count). The van der Waals surface area contributed by atoms with E-state index >= 15 is 0 Å². The van der Waals surface area contributed by atoms with Gasteiger partial charge in [0.25, 0.3) is 5.91 Å². The highest BCUT2D eigenvalue weighted by Crippen LogP contribution is 2.39. The minimum atomic E-state index is -3.06. The van der Waals surface area contributed by atoms with Gasteiger partial charge in [-0.05, 0) is 48.1 Å². The monoisotopic (exact) mass is 575 g/mol. The molecule has 0 aliphatic carbocycles. The van der Waals surface area contributed by atoms with Gasteiger partial charge >= 0.3 is 0 Å². The van der Waals surface area contributed by atoms with Crippen molar-refractivity contribution in [3.8, 4) is 11.8 Å². The van der Waals surface area contributed by atoms with Gasteiger partial charge in [0.05, 0.1) is 40.0 Å². The third-order valence-electron chi connectivity index (χ3n) is 5.87. The first-order chi connectivity index (χ1) is 17.8. The number of thiocarbonyl (C=S) groups is 1. The average Bonchev–Trinajstić information content (AvgIpc) is 3.31. The summed E-state index contributed by atoms with van der Waals surface area (Å²) < 4.78 is 23.4. The first-order valence-electron chi connectivity index (χ1n) is 11.5. The molecule has 192 valence electrons. The lowest BCUT2D eigenvalue weighted by Crippen LogP contribution is -2.51. The molecule has 8 nitrogen and oxygen atoms in total. The van der Waals surface area contributed by atoms with E-state index in [-0.39, 0.29) is 36.5 Å². The normalized spacial score (nSPS) is 18.8. The molecule has 0 radical (unpaired) electrons. The molecule has 1 amide bonds. The number of carbonyl (C=O) groups is 1. The number of hydrogen-bond donors (Lipinski definition) is 1. The van der Waals surface area contributed by atoms with Crippen molar-refractivity contribution in [2.24, 2.45) is 10.1 Å². The number of nitrogens with zero attached hydrogens (tertiary/aromatic N) is 4. The fourth-order valence-corrected chi connectivity index (χ4v) is 5.73. The van der Waals surface area contributed by atoms with Crippen molar-refractivity contribution in [1.29, 1.82) is 0 Å². The summed E-state index contributed by atoms with van der Waals surface area (Å²) in [6, 6.07) is 12.6. The Morgan fingerprint density at radius 2 is 1.89 bits per heavy atom. The Labute approximate surface area is 231 Å². The van der Waals surface area contributed by atoms with Crippen LogP contribution >= 0.6 is 35.4 Å². The summed E-state index contributed by atoms with van der Waals surface area (Å²) in [4.78, 5) is 16.9. The molecule has 2 aromatic carbocycles. The van der Waals surface area contributed by atoms with Crippen LogP contribution in [0.1, 0.15) is 30.0 Å². The van der Waals surface area contributed by atoms with E-state index in [0.717, 1.165) is 11.1 Å². The van der Waals surface area contributed by atoms with E-state index in [0.29, 0.717) is 40.8 Å². The maximum Gasteiger partial charge on any atom is 0.281 e. The summed E-state index contributed by atoms with van der Waals surface area (Å²) in [5.74, 6) is 5.78. The molecule has 37 heavy (non-hydrogen) atoms. The number of hydrazine groups is 1. The fourth-order valence-electron chi connectivity index (χ4n) is 3.94. The van der Waals surface area contributed by atoms with Crippen LogP contribution in [0.15, 0.2) is 52.6 Å².